The molecule has 1 atom stereocenters. The molecular weight excluding hydrogens is 438 g/mol. The second-order valence-electron chi connectivity index (χ2n) is 6.57. The smallest absolute Gasteiger partial charge is 0.238 e. The van der Waals surface area contributed by atoms with E-state index in [9.17, 15) is 4.21 Å². The second-order valence-corrected chi connectivity index (χ2v) is 8.16. The molecule has 11 heteroatoms. The third-order valence-corrected chi connectivity index (χ3v) is 6.13. The Morgan fingerprint density at radius 2 is 2.23 bits per heavy atom. The molecule has 4 rings (SSSR count). The Morgan fingerprint density at radius 1 is 1.39 bits per heavy atom. The van der Waals surface area contributed by atoms with Crippen molar-refractivity contribution in [2.45, 2.75) is 24.7 Å². The number of benzene rings is 1. The van der Waals surface area contributed by atoms with Crippen molar-refractivity contribution < 1.29 is 8.95 Å². The van der Waals surface area contributed by atoms with E-state index in [-0.39, 0.29) is 5.95 Å². The van der Waals surface area contributed by atoms with Crippen LogP contribution >= 0.6 is 11.6 Å². The fourth-order valence-corrected chi connectivity index (χ4v) is 4.45. The SMILES string of the molecule is COc1nc(NS(=O)c2c[nH]c3c(-n4cccn4)c(Cl)ccc23)nc(C)c1CCC#N. The van der Waals surface area contributed by atoms with Gasteiger partial charge in [-0.2, -0.15) is 15.3 Å². The van der Waals surface area contributed by atoms with Crippen molar-refractivity contribution in [3.63, 3.8) is 0 Å². The van der Waals surface area contributed by atoms with Gasteiger partial charge in [0.15, 0.2) is 11.0 Å². The molecule has 2 N–H and O–H groups in total. The molecule has 0 saturated carbocycles. The highest BCUT2D eigenvalue weighted by molar-refractivity contribution is 7.86. The summed E-state index contributed by atoms with van der Waals surface area (Å²) < 4.78 is 22.9. The van der Waals surface area contributed by atoms with Gasteiger partial charge in [0.1, 0.15) is 5.69 Å². The van der Waals surface area contributed by atoms with E-state index in [1.165, 1.54) is 7.11 Å². The molecule has 158 valence electrons. The lowest BCUT2D eigenvalue weighted by molar-refractivity contribution is 0.391. The average Bonchev–Trinajstić information content (AvgIpc) is 3.42. The summed E-state index contributed by atoms with van der Waals surface area (Å²) in [6.45, 7) is 1.80. The van der Waals surface area contributed by atoms with Crippen LogP contribution in [-0.2, 0) is 17.4 Å². The number of nitriles is 1. The van der Waals surface area contributed by atoms with Crippen LogP contribution in [0.1, 0.15) is 17.7 Å². The van der Waals surface area contributed by atoms with Crippen LogP contribution in [-0.4, -0.2) is 36.1 Å². The van der Waals surface area contributed by atoms with Gasteiger partial charge in [0.05, 0.1) is 28.6 Å². The number of nitrogens with one attached hydrogen (secondary N) is 2. The van der Waals surface area contributed by atoms with Crippen LogP contribution in [0.2, 0.25) is 5.02 Å². The van der Waals surface area contributed by atoms with Crippen LogP contribution in [0.25, 0.3) is 16.6 Å². The molecule has 4 aromatic rings. The number of ether oxygens (including phenoxy) is 1. The van der Waals surface area contributed by atoms with Crippen molar-refractivity contribution in [1.29, 1.82) is 5.26 Å². The molecule has 3 heterocycles. The highest BCUT2D eigenvalue weighted by Gasteiger charge is 2.19. The van der Waals surface area contributed by atoms with Gasteiger partial charge < -0.3 is 9.72 Å². The predicted octanol–water partition coefficient (Wildman–Crippen LogP) is 3.70. The summed E-state index contributed by atoms with van der Waals surface area (Å²) >= 11 is 6.39. The van der Waals surface area contributed by atoms with Gasteiger partial charge in [-0.1, -0.05) is 11.6 Å². The molecule has 9 nitrogen and oxygen atoms in total. The fraction of sp³-hybridized carbons (Fsp3) is 0.200. The Labute approximate surface area is 185 Å². The van der Waals surface area contributed by atoms with E-state index in [0.29, 0.717) is 45.5 Å². The molecule has 0 spiro atoms. The Morgan fingerprint density at radius 3 is 2.94 bits per heavy atom. The zero-order valence-corrected chi connectivity index (χ0v) is 18.3. The third-order valence-electron chi connectivity index (χ3n) is 4.72. The third kappa shape index (κ3) is 3.97. The second kappa shape index (κ2) is 8.75. The molecule has 0 fully saturated rings. The van der Waals surface area contributed by atoms with Gasteiger partial charge in [-0.3, -0.25) is 4.72 Å². The number of aryl methyl sites for hydroxylation is 1. The molecule has 0 bridgehead atoms. The monoisotopic (exact) mass is 455 g/mol. The van der Waals surface area contributed by atoms with E-state index in [1.807, 2.05) is 0 Å². The highest BCUT2D eigenvalue weighted by atomic mass is 35.5. The maximum absolute atomic E-state index is 13.1. The molecule has 3 aromatic heterocycles. The van der Waals surface area contributed by atoms with Crippen molar-refractivity contribution >= 4 is 39.4 Å². The lowest BCUT2D eigenvalue weighted by Crippen LogP contribution is -2.11. The minimum absolute atomic E-state index is 0.170. The van der Waals surface area contributed by atoms with Gasteiger partial charge in [0, 0.05) is 41.7 Å². The maximum atomic E-state index is 13.1. The summed E-state index contributed by atoms with van der Waals surface area (Å²) in [6.07, 6.45) is 5.91. The first-order valence-corrected chi connectivity index (χ1v) is 10.8. The summed E-state index contributed by atoms with van der Waals surface area (Å²) in [6, 6.07) is 7.44. The van der Waals surface area contributed by atoms with E-state index in [0.717, 1.165) is 10.9 Å². The Kier molecular flexibility index (Phi) is 5.88. The molecule has 1 aromatic carbocycles. The maximum Gasteiger partial charge on any atom is 0.238 e. The van der Waals surface area contributed by atoms with Gasteiger partial charge in [0.25, 0.3) is 0 Å². The largest absolute Gasteiger partial charge is 0.481 e. The van der Waals surface area contributed by atoms with Crippen LogP contribution in [0.5, 0.6) is 5.88 Å². The Hall–Kier alpha value is -3.42. The molecule has 0 aliphatic rings. The number of halogens is 1. The first-order chi connectivity index (χ1) is 15.0. The standard InChI is InChI=1S/C20H18ClN7O2S/c1-12-13(5-3-8-22)19(30-2)26-20(25-12)27-31(29)16-11-23-17-14(16)6-7-15(21)18(17)28-10-4-9-24-28/h4,6-7,9-11,23H,3,5H2,1-2H3,(H,25,26,27). The predicted molar refractivity (Wildman–Crippen MR) is 118 cm³/mol. The molecule has 0 amide bonds. The minimum atomic E-state index is -1.66. The van der Waals surface area contributed by atoms with E-state index in [4.69, 9.17) is 21.6 Å². The zero-order chi connectivity index (χ0) is 22.0. The number of hydrogen-bond acceptors (Lipinski definition) is 6. The van der Waals surface area contributed by atoms with Gasteiger partial charge in [-0.05, 0) is 31.5 Å². The number of nitrogens with zero attached hydrogens (tertiary/aromatic N) is 5. The van der Waals surface area contributed by atoms with Crippen molar-refractivity contribution in [2.24, 2.45) is 0 Å². The van der Waals surface area contributed by atoms with Gasteiger partial charge in [-0.15, -0.1) is 0 Å². The molecular formula is C20H18ClN7O2S. The summed E-state index contributed by atoms with van der Waals surface area (Å²) in [5.74, 6) is 0.526. The quantitative estimate of drug-likeness (QED) is 0.438. The van der Waals surface area contributed by atoms with E-state index in [2.05, 4.69) is 30.8 Å². The van der Waals surface area contributed by atoms with E-state index >= 15 is 0 Å². The summed E-state index contributed by atoms with van der Waals surface area (Å²) in [7, 11) is -0.158. The van der Waals surface area contributed by atoms with Crippen molar-refractivity contribution in [2.75, 3.05) is 11.8 Å². The van der Waals surface area contributed by atoms with E-state index < -0.39 is 11.0 Å². The van der Waals surface area contributed by atoms with Gasteiger partial charge in [-0.25, -0.2) is 13.9 Å². The summed E-state index contributed by atoms with van der Waals surface area (Å²) in [5, 5.41) is 14.3. The molecule has 31 heavy (non-hydrogen) atoms. The van der Waals surface area contributed by atoms with Crippen LogP contribution in [0.3, 0.4) is 0 Å². The fourth-order valence-electron chi connectivity index (χ4n) is 3.30. The number of hydrogen-bond donors (Lipinski definition) is 2. The van der Waals surface area contributed by atoms with Crippen molar-refractivity contribution in [3.8, 4) is 17.6 Å². The number of fused-ring (bicyclic) bond motifs is 1. The first kappa shape index (κ1) is 20.8. The number of anilines is 1. The minimum Gasteiger partial charge on any atom is -0.481 e. The van der Waals surface area contributed by atoms with Crippen LogP contribution in [0.15, 0.2) is 41.7 Å². The van der Waals surface area contributed by atoms with Crippen LogP contribution in [0, 0.1) is 18.3 Å². The molecule has 0 saturated heterocycles. The number of aromatic nitrogens is 5. The van der Waals surface area contributed by atoms with Crippen LogP contribution < -0.4 is 9.46 Å². The first-order valence-electron chi connectivity index (χ1n) is 9.30. The molecule has 1 unspecified atom stereocenters. The number of H-pyrrole nitrogens is 1. The van der Waals surface area contributed by atoms with Crippen LogP contribution in [0.4, 0.5) is 5.95 Å². The lowest BCUT2D eigenvalue weighted by atomic mass is 10.1. The van der Waals surface area contributed by atoms with E-state index in [1.54, 1.807) is 48.4 Å². The normalized spacial score (nSPS) is 11.9. The Balaban J connectivity index is 1.68. The van der Waals surface area contributed by atoms with Crippen molar-refractivity contribution in [1.82, 2.24) is 24.7 Å². The highest BCUT2D eigenvalue weighted by Crippen LogP contribution is 2.32. The molecule has 0 aliphatic carbocycles. The van der Waals surface area contributed by atoms with Gasteiger partial charge in [0.2, 0.25) is 11.8 Å². The molecule has 0 radical (unpaired) electrons. The number of methoxy groups -OCH3 is 1. The molecule has 0 aliphatic heterocycles. The van der Waals surface area contributed by atoms with Crippen molar-refractivity contribution in [3.05, 3.63) is 53.1 Å². The summed E-state index contributed by atoms with van der Waals surface area (Å²) in [5.41, 5.74) is 2.80. The topological polar surface area (TPSA) is 122 Å². The van der Waals surface area contributed by atoms with Gasteiger partial charge >= 0.3 is 0 Å². The number of rotatable bonds is 7. The summed E-state index contributed by atoms with van der Waals surface area (Å²) in [4.78, 5) is 12.4. The Bertz CT molecular complexity index is 1310. The average molecular weight is 456 g/mol. The lowest BCUT2D eigenvalue weighted by Gasteiger charge is -2.12. The number of aromatic amines is 1. The zero-order valence-electron chi connectivity index (χ0n) is 16.7.